The normalized spacial score (nSPS) is 18.8. The van der Waals surface area contributed by atoms with Crippen LogP contribution in [0.25, 0.3) is 0 Å². The van der Waals surface area contributed by atoms with Gasteiger partial charge < -0.3 is 10.6 Å². The van der Waals surface area contributed by atoms with Crippen LogP contribution >= 0.6 is 15.9 Å². The number of imide groups is 1. The fourth-order valence-electron chi connectivity index (χ4n) is 3.72. The van der Waals surface area contributed by atoms with Gasteiger partial charge in [0.05, 0.1) is 0 Å². The van der Waals surface area contributed by atoms with Crippen molar-refractivity contribution < 1.29 is 14.4 Å². The molecule has 1 aliphatic heterocycles. The van der Waals surface area contributed by atoms with E-state index < -0.39 is 5.54 Å². The summed E-state index contributed by atoms with van der Waals surface area (Å²) in [6.07, 6.45) is 3.37. The van der Waals surface area contributed by atoms with E-state index in [1.54, 1.807) is 0 Å². The summed E-state index contributed by atoms with van der Waals surface area (Å²) in [6.45, 7) is 3.95. The first-order chi connectivity index (χ1) is 11.8. The molecule has 2 aliphatic rings. The summed E-state index contributed by atoms with van der Waals surface area (Å²) in [5.74, 6) is -0.389. The number of rotatable bonds is 4. The Morgan fingerprint density at radius 1 is 1.24 bits per heavy atom. The van der Waals surface area contributed by atoms with Crippen LogP contribution in [0.1, 0.15) is 43.2 Å². The zero-order valence-electron chi connectivity index (χ0n) is 14.4. The third-order valence-corrected chi connectivity index (χ3v) is 5.49. The predicted molar refractivity (Wildman–Crippen MR) is 98.3 cm³/mol. The molecule has 6 nitrogen and oxygen atoms in total. The van der Waals surface area contributed by atoms with E-state index in [9.17, 15) is 14.4 Å². The molecule has 1 aromatic carbocycles. The van der Waals surface area contributed by atoms with Crippen molar-refractivity contribution in [1.29, 1.82) is 0 Å². The van der Waals surface area contributed by atoms with Gasteiger partial charge in [-0.15, -0.1) is 0 Å². The van der Waals surface area contributed by atoms with E-state index >= 15 is 0 Å². The molecule has 1 heterocycles. The van der Waals surface area contributed by atoms with Crippen LogP contribution in [0.4, 0.5) is 10.5 Å². The van der Waals surface area contributed by atoms with Gasteiger partial charge in [0.1, 0.15) is 5.54 Å². The van der Waals surface area contributed by atoms with E-state index in [1.807, 2.05) is 26.0 Å². The molecule has 0 bridgehead atoms. The maximum Gasteiger partial charge on any atom is 0.325 e. The van der Waals surface area contributed by atoms with Crippen molar-refractivity contribution in [2.24, 2.45) is 0 Å². The highest BCUT2D eigenvalue weighted by molar-refractivity contribution is 9.10. The van der Waals surface area contributed by atoms with Crippen molar-refractivity contribution in [2.45, 2.75) is 51.5 Å². The Balaban J connectivity index is 1.61. The molecule has 1 spiro atoms. The number of aryl methyl sites for hydroxylation is 2. The topological polar surface area (TPSA) is 78.5 Å². The van der Waals surface area contributed by atoms with Crippen LogP contribution in [0.5, 0.6) is 0 Å². The Hall–Kier alpha value is -1.89. The number of nitrogens with one attached hydrogen (secondary N) is 2. The molecule has 1 saturated heterocycles. The summed E-state index contributed by atoms with van der Waals surface area (Å²) in [6, 6.07) is 3.49. The van der Waals surface area contributed by atoms with Gasteiger partial charge >= 0.3 is 6.03 Å². The number of anilines is 1. The average molecular weight is 408 g/mol. The van der Waals surface area contributed by atoms with Crippen LogP contribution in [0, 0.1) is 13.8 Å². The SMILES string of the molecule is Cc1cc(Br)cc(C)c1NC(=O)CCN1C(=O)NC2(CCCC2)C1=O. The molecule has 1 aliphatic carbocycles. The smallest absolute Gasteiger partial charge is 0.325 e. The summed E-state index contributed by atoms with van der Waals surface area (Å²) in [5, 5.41) is 5.72. The van der Waals surface area contributed by atoms with E-state index in [-0.39, 0.29) is 30.8 Å². The highest BCUT2D eigenvalue weighted by atomic mass is 79.9. The van der Waals surface area contributed by atoms with Crippen molar-refractivity contribution in [3.8, 4) is 0 Å². The number of nitrogens with zero attached hydrogens (tertiary/aromatic N) is 1. The van der Waals surface area contributed by atoms with Crippen molar-refractivity contribution in [1.82, 2.24) is 10.2 Å². The molecule has 25 heavy (non-hydrogen) atoms. The van der Waals surface area contributed by atoms with E-state index in [4.69, 9.17) is 0 Å². The Morgan fingerprint density at radius 2 is 1.84 bits per heavy atom. The molecule has 4 amide bonds. The Labute approximate surface area is 155 Å². The van der Waals surface area contributed by atoms with Gasteiger partial charge in [-0.1, -0.05) is 28.8 Å². The Morgan fingerprint density at radius 3 is 2.44 bits per heavy atom. The number of hydrogen-bond donors (Lipinski definition) is 2. The lowest BCUT2D eigenvalue weighted by atomic mass is 9.98. The number of carbonyl (C=O) groups is 3. The minimum atomic E-state index is -0.716. The Kier molecular flexibility index (Phi) is 4.86. The molecule has 0 radical (unpaired) electrons. The molecule has 134 valence electrons. The van der Waals surface area contributed by atoms with Crippen LogP contribution in [0.2, 0.25) is 0 Å². The fourth-order valence-corrected chi connectivity index (χ4v) is 4.41. The summed E-state index contributed by atoms with van der Waals surface area (Å²) in [4.78, 5) is 38.2. The van der Waals surface area contributed by atoms with Crippen LogP contribution in [-0.2, 0) is 9.59 Å². The predicted octanol–water partition coefficient (Wildman–Crippen LogP) is 3.26. The fraction of sp³-hybridized carbons (Fsp3) is 0.500. The summed E-state index contributed by atoms with van der Waals surface area (Å²) in [7, 11) is 0. The van der Waals surface area contributed by atoms with Crippen LogP contribution in [-0.4, -0.2) is 34.8 Å². The maximum atomic E-state index is 12.6. The number of halogens is 1. The highest BCUT2D eigenvalue weighted by Gasteiger charge is 2.52. The minimum Gasteiger partial charge on any atom is -0.326 e. The van der Waals surface area contributed by atoms with Crippen molar-refractivity contribution >= 4 is 39.5 Å². The monoisotopic (exact) mass is 407 g/mol. The van der Waals surface area contributed by atoms with Crippen LogP contribution in [0.15, 0.2) is 16.6 Å². The van der Waals surface area contributed by atoms with Gasteiger partial charge in [0.15, 0.2) is 0 Å². The van der Waals surface area contributed by atoms with E-state index in [1.165, 1.54) is 4.90 Å². The zero-order chi connectivity index (χ0) is 18.2. The lowest BCUT2D eigenvalue weighted by Crippen LogP contribution is -2.44. The third-order valence-electron chi connectivity index (χ3n) is 5.03. The molecule has 1 aromatic rings. The van der Waals surface area contributed by atoms with E-state index in [0.29, 0.717) is 12.8 Å². The number of urea groups is 1. The molecule has 1 saturated carbocycles. The first kappa shape index (κ1) is 17.9. The maximum absolute atomic E-state index is 12.6. The molecule has 3 rings (SSSR count). The minimum absolute atomic E-state index is 0.0875. The van der Waals surface area contributed by atoms with Gasteiger partial charge in [-0.2, -0.15) is 0 Å². The first-order valence-corrected chi connectivity index (χ1v) is 9.32. The van der Waals surface area contributed by atoms with E-state index in [2.05, 4.69) is 26.6 Å². The molecular formula is C18H22BrN3O3. The van der Waals surface area contributed by atoms with Crippen molar-refractivity contribution in [3.63, 3.8) is 0 Å². The second kappa shape index (κ2) is 6.78. The zero-order valence-corrected chi connectivity index (χ0v) is 16.0. The number of carbonyl (C=O) groups excluding carboxylic acids is 3. The van der Waals surface area contributed by atoms with Gasteiger partial charge in [0.25, 0.3) is 5.91 Å². The van der Waals surface area contributed by atoms with Gasteiger partial charge in [-0.05, 0) is 49.9 Å². The van der Waals surface area contributed by atoms with Gasteiger partial charge in [-0.25, -0.2) is 4.79 Å². The number of benzene rings is 1. The largest absolute Gasteiger partial charge is 0.326 e. The molecule has 0 unspecified atom stereocenters. The Bertz CT molecular complexity index is 718. The average Bonchev–Trinajstić information content (AvgIpc) is 3.08. The van der Waals surface area contributed by atoms with Crippen LogP contribution in [0.3, 0.4) is 0 Å². The molecular weight excluding hydrogens is 386 g/mol. The number of amides is 4. The van der Waals surface area contributed by atoms with Gasteiger partial charge in [0.2, 0.25) is 5.91 Å². The lowest BCUT2D eigenvalue weighted by Gasteiger charge is -2.20. The summed E-state index contributed by atoms with van der Waals surface area (Å²) < 4.78 is 0.960. The number of hydrogen-bond acceptors (Lipinski definition) is 3. The van der Waals surface area contributed by atoms with Crippen LogP contribution < -0.4 is 10.6 Å². The molecule has 2 fully saturated rings. The first-order valence-electron chi connectivity index (χ1n) is 8.53. The standard InChI is InChI=1S/C18H22BrN3O3/c1-11-9-13(19)10-12(2)15(11)20-14(23)5-8-22-16(24)18(21-17(22)25)6-3-4-7-18/h9-10H,3-8H2,1-2H3,(H,20,23)(H,21,25). The molecule has 7 heteroatoms. The van der Waals surface area contributed by atoms with Crippen molar-refractivity contribution in [3.05, 3.63) is 27.7 Å². The third kappa shape index (κ3) is 3.42. The molecule has 2 N–H and O–H groups in total. The van der Waals surface area contributed by atoms with Gasteiger partial charge in [0, 0.05) is 23.1 Å². The second-order valence-electron chi connectivity index (χ2n) is 6.89. The quantitative estimate of drug-likeness (QED) is 0.751. The molecule has 0 aromatic heterocycles. The summed E-state index contributed by atoms with van der Waals surface area (Å²) in [5.41, 5.74) is 1.98. The van der Waals surface area contributed by atoms with E-state index in [0.717, 1.165) is 34.1 Å². The second-order valence-corrected chi connectivity index (χ2v) is 7.80. The molecule has 0 atom stereocenters. The lowest BCUT2D eigenvalue weighted by molar-refractivity contribution is -0.131. The summed E-state index contributed by atoms with van der Waals surface area (Å²) >= 11 is 3.43. The van der Waals surface area contributed by atoms with Gasteiger partial charge in [-0.3, -0.25) is 14.5 Å². The van der Waals surface area contributed by atoms with Crippen molar-refractivity contribution in [2.75, 3.05) is 11.9 Å². The highest BCUT2D eigenvalue weighted by Crippen LogP contribution is 2.35.